The molecular formula is C23H28N6O. The number of para-hydroxylation sites is 1. The zero-order chi connectivity index (χ0) is 21.1. The van der Waals surface area contributed by atoms with Crippen LogP contribution in [-0.4, -0.2) is 63.5 Å². The highest BCUT2D eigenvalue weighted by Gasteiger charge is 2.26. The van der Waals surface area contributed by atoms with Gasteiger partial charge in [0.05, 0.1) is 0 Å². The third-order valence-electron chi connectivity index (χ3n) is 5.72. The highest BCUT2D eigenvalue weighted by molar-refractivity contribution is 5.94. The normalized spacial score (nSPS) is 14.9. The lowest BCUT2D eigenvalue weighted by Gasteiger charge is -2.35. The summed E-state index contributed by atoms with van der Waals surface area (Å²) in [6, 6.07) is 12.3. The third-order valence-corrected chi connectivity index (χ3v) is 5.72. The van der Waals surface area contributed by atoms with Gasteiger partial charge in [-0.05, 0) is 45.1 Å². The van der Waals surface area contributed by atoms with Crippen molar-refractivity contribution in [2.75, 3.05) is 32.5 Å². The van der Waals surface area contributed by atoms with E-state index in [-0.39, 0.29) is 5.91 Å². The average Bonchev–Trinajstić information content (AvgIpc) is 3.16. The van der Waals surface area contributed by atoms with E-state index < -0.39 is 0 Å². The molecule has 1 aliphatic heterocycles. The number of piperidine rings is 1. The highest BCUT2D eigenvalue weighted by atomic mass is 16.2. The van der Waals surface area contributed by atoms with Gasteiger partial charge in [-0.25, -0.2) is 9.97 Å². The maximum Gasteiger partial charge on any atom is 0.270 e. The number of nitrogens with one attached hydrogen (secondary N) is 1. The minimum Gasteiger partial charge on any atom is -0.346 e. The third kappa shape index (κ3) is 4.36. The summed E-state index contributed by atoms with van der Waals surface area (Å²) in [5.74, 6) is 0.630. The number of aromatic nitrogens is 3. The lowest BCUT2D eigenvalue weighted by molar-refractivity contribution is 0.0654. The van der Waals surface area contributed by atoms with Crippen molar-refractivity contribution in [1.29, 1.82) is 0 Å². The number of carbonyl (C=O) groups is 1. The number of hydrogen-bond donors (Lipinski definition) is 1. The maximum absolute atomic E-state index is 13.0. The van der Waals surface area contributed by atoms with E-state index >= 15 is 0 Å². The zero-order valence-corrected chi connectivity index (χ0v) is 17.7. The fraction of sp³-hybridized carbons (Fsp3) is 0.348. The molecule has 7 heteroatoms. The van der Waals surface area contributed by atoms with Crippen LogP contribution in [0.1, 0.15) is 23.3 Å². The fourth-order valence-corrected chi connectivity index (χ4v) is 3.87. The molecule has 1 saturated heterocycles. The minimum absolute atomic E-state index is 0.0873. The van der Waals surface area contributed by atoms with Crippen LogP contribution in [0.3, 0.4) is 0 Å². The lowest BCUT2D eigenvalue weighted by Crippen LogP contribution is -2.44. The topological polar surface area (TPSA) is 66.3 Å². The molecule has 0 unspecified atom stereocenters. The van der Waals surface area contributed by atoms with Gasteiger partial charge in [-0.3, -0.25) is 4.79 Å². The van der Waals surface area contributed by atoms with Gasteiger partial charge in [0.2, 0.25) is 5.95 Å². The van der Waals surface area contributed by atoms with Crippen LogP contribution in [-0.2, 0) is 7.05 Å². The van der Waals surface area contributed by atoms with Crippen LogP contribution in [0.5, 0.6) is 0 Å². The number of rotatable bonds is 5. The molecule has 0 atom stereocenters. The van der Waals surface area contributed by atoms with Gasteiger partial charge in [-0.15, -0.1) is 0 Å². The van der Waals surface area contributed by atoms with Crippen molar-refractivity contribution in [3.8, 4) is 11.1 Å². The number of hydrogen-bond acceptors (Lipinski definition) is 5. The molecule has 1 N–H and O–H groups in total. The molecule has 30 heavy (non-hydrogen) atoms. The van der Waals surface area contributed by atoms with Gasteiger partial charge < -0.3 is 19.7 Å². The Kier molecular flexibility index (Phi) is 5.81. The quantitative estimate of drug-likeness (QED) is 0.706. The van der Waals surface area contributed by atoms with E-state index in [9.17, 15) is 4.79 Å². The highest BCUT2D eigenvalue weighted by Crippen LogP contribution is 2.24. The second-order valence-electron chi connectivity index (χ2n) is 8.00. The van der Waals surface area contributed by atoms with Crippen LogP contribution in [0.15, 0.2) is 55.0 Å². The molecule has 3 aromatic rings. The van der Waals surface area contributed by atoms with Gasteiger partial charge in [0.1, 0.15) is 5.69 Å². The zero-order valence-electron chi connectivity index (χ0n) is 17.7. The van der Waals surface area contributed by atoms with Crippen LogP contribution >= 0.6 is 0 Å². The van der Waals surface area contributed by atoms with Crippen LogP contribution in [0.25, 0.3) is 11.1 Å². The van der Waals surface area contributed by atoms with Crippen molar-refractivity contribution < 1.29 is 4.79 Å². The number of amides is 1. The summed E-state index contributed by atoms with van der Waals surface area (Å²) in [5.41, 5.74) is 3.46. The second-order valence-corrected chi connectivity index (χ2v) is 8.00. The number of likely N-dealkylation sites (tertiary alicyclic amines) is 1. The number of carbonyl (C=O) groups excluding carboxylic acids is 1. The van der Waals surface area contributed by atoms with Crippen molar-refractivity contribution in [3.63, 3.8) is 0 Å². The van der Waals surface area contributed by atoms with Crippen molar-refractivity contribution >= 4 is 17.5 Å². The first-order valence-corrected chi connectivity index (χ1v) is 10.3. The molecule has 0 bridgehead atoms. The smallest absolute Gasteiger partial charge is 0.270 e. The van der Waals surface area contributed by atoms with Crippen LogP contribution < -0.4 is 5.32 Å². The van der Waals surface area contributed by atoms with Gasteiger partial charge in [-0.1, -0.05) is 18.2 Å². The maximum atomic E-state index is 13.0. The Hall–Kier alpha value is -3.19. The van der Waals surface area contributed by atoms with E-state index in [2.05, 4.69) is 34.3 Å². The monoisotopic (exact) mass is 404 g/mol. The molecule has 0 saturated carbocycles. The standard InChI is InChI=1S/C23H28N6O/c1-27(2)20-9-11-29(12-10-20)22(30)21-13-17(16-28(21)3)18-14-24-23(25-15-18)26-19-7-5-4-6-8-19/h4-8,13-16,20H,9-12H2,1-3H3,(H,24,25,26). The molecule has 1 aromatic carbocycles. The first-order chi connectivity index (χ1) is 14.5. The van der Waals surface area contributed by atoms with E-state index in [0.29, 0.717) is 17.7 Å². The first kappa shape index (κ1) is 20.1. The molecule has 0 radical (unpaired) electrons. The fourth-order valence-electron chi connectivity index (χ4n) is 3.87. The molecule has 1 aliphatic rings. The summed E-state index contributed by atoms with van der Waals surface area (Å²) in [6.07, 6.45) is 7.55. The number of anilines is 2. The van der Waals surface area contributed by atoms with Crippen molar-refractivity contribution in [3.05, 3.63) is 60.7 Å². The van der Waals surface area contributed by atoms with Crippen molar-refractivity contribution in [1.82, 2.24) is 24.3 Å². The molecular weight excluding hydrogens is 376 g/mol. The van der Waals surface area contributed by atoms with Gasteiger partial charge >= 0.3 is 0 Å². The predicted molar refractivity (Wildman–Crippen MR) is 119 cm³/mol. The van der Waals surface area contributed by atoms with E-state index in [0.717, 1.165) is 42.7 Å². The number of benzene rings is 1. The SMILES string of the molecule is CN(C)C1CCN(C(=O)c2cc(-c3cnc(Nc4ccccc4)nc3)cn2C)CC1. The Balaban J connectivity index is 1.45. The largest absolute Gasteiger partial charge is 0.346 e. The Morgan fingerprint density at radius 1 is 1.07 bits per heavy atom. The summed E-state index contributed by atoms with van der Waals surface area (Å²) in [6.45, 7) is 1.59. The molecule has 156 valence electrons. The average molecular weight is 405 g/mol. The van der Waals surface area contributed by atoms with E-state index in [4.69, 9.17) is 0 Å². The Labute approximate surface area is 177 Å². The number of nitrogens with zero attached hydrogens (tertiary/aromatic N) is 5. The van der Waals surface area contributed by atoms with E-state index in [1.54, 1.807) is 12.4 Å². The molecule has 2 aromatic heterocycles. The summed E-state index contributed by atoms with van der Waals surface area (Å²) < 4.78 is 1.89. The van der Waals surface area contributed by atoms with Crippen LogP contribution in [0, 0.1) is 0 Å². The molecule has 1 fully saturated rings. The minimum atomic E-state index is 0.0873. The van der Waals surface area contributed by atoms with Crippen LogP contribution in [0.2, 0.25) is 0 Å². The first-order valence-electron chi connectivity index (χ1n) is 10.3. The van der Waals surface area contributed by atoms with Gasteiger partial charge in [0.15, 0.2) is 0 Å². The molecule has 7 nitrogen and oxygen atoms in total. The van der Waals surface area contributed by atoms with E-state index in [1.165, 1.54) is 0 Å². The summed E-state index contributed by atoms with van der Waals surface area (Å²) >= 11 is 0. The van der Waals surface area contributed by atoms with Gasteiger partial charge in [0, 0.05) is 61.6 Å². The molecule has 0 spiro atoms. The summed E-state index contributed by atoms with van der Waals surface area (Å²) in [4.78, 5) is 26.1. The van der Waals surface area contributed by atoms with Gasteiger partial charge in [-0.2, -0.15) is 0 Å². The molecule has 0 aliphatic carbocycles. The Morgan fingerprint density at radius 3 is 2.37 bits per heavy atom. The molecule has 1 amide bonds. The summed E-state index contributed by atoms with van der Waals surface area (Å²) in [5, 5.41) is 3.18. The van der Waals surface area contributed by atoms with Crippen LogP contribution in [0.4, 0.5) is 11.6 Å². The van der Waals surface area contributed by atoms with E-state index in [1.807, 2.05) is 59.1 Å². The predicted octanol–water partition coefficient (Wildman–Crippen LogP) is 3.39. The molecule has 4 rings (SSSR count). The Morgan fingerprint density at radius 2 is 1.73 bits per heavy atom. The van der Waals surface area contributed by atoms with Gasteiger partial charge in [0.25, 0.3) is 5.91 Å². The second kappa shape index (κ2) is 8.67. The van der Waals surface area contributed by atoms with Crippen molar-refractivity contribution in [2.24, 2.45) is 7.05 Å². The Bertz CT molecular complexity index is 988. The lowest BCUT2D eigenvalue weighted by atomic mass is 10.0. The summed E-state index contributed by atoms with van der Waals surface area (Å²) in [7, 11) is 6.12. The number of aryl methyl sites for hydroxylation is 1. The molecule has 3 heterocycles. The van der Waals surface area contributed by atoms with Crippen molar-refractivity contribution in [2.45, 2.75) is 18.9 Å².